The Kier molecular flexibility index (Phi) is 4.28. The number of hydrogen-bond donors (Lipinski definition) is 1. The molecule has 2 heterocycles. The summed E-state index contributed by atoms with van der Waals surface area (Å²) in [5, 5.41) is 0.461. The number of rotatable bonds is 3. The van der Waals surface area contributed by atoms with Crippen molar-refractivity contribution in [3.05, 3.63) is 76.2 Å². The van der Waals surface area contributed by atoms with Crippen LogP contribution in [0.15, 0.2) is 53.7 Å². The Hall–Kier alpha value is -2.64. The van der Waals surface area contributed by atoms with E-state index in [1.54, 1.807) is 42.6 Å². The number of aliphatic imine (C=N–C) groups is 1. The molecule has 0 atom stereocenters. The summed E-state index contributed by atoms with van der Waals surface area (Å²) in [5.74, 6) is -0.302. The molecule has 1 aliphatic rings. The van der Waals surface area contributed by atoms with Gasteiger partial charge >= 0.3 is 10.1 Å². The summed E-state index contributed by atoms with van der Waals surface area (Å²) in [6.07, 6.45) is 2.61. The third kappa shape index (κ3) is 3.36. The van der Waals surface area contributed by atoms with E-state index in [9.17, 15) is 12.8 Å². The summed E-state index contributed by atoms with van der Waals surface area (Å²) in [4.78, 5) is 7.43. The Labute approximate surface area is 160 Å². The van der Waals surface area contributed by atoms with Crippen LogP contribution in [0.4, 0.5) is 4.39 Å². The van der Waals surface area contributed by atoms with Gasteiger partial charge in [0.2, 0.25) is 5.88 Å². The van der Waals surface area contributed by atoms with Gasteiger partial charge in [0.1, 0.15) is 5.82 Å². The van der Waals surface area contributed by atoms with Gasteiger partial charge in [-0.2, -0.15) is 8.42 Å². The Morgan fingerprint density at radius 2 is 1.93 bits per heavy atom. The molecule has 0 radical (unpaired) electrons. The lowest BCUT2D eigenvalue weighted by Crippen LogP contribution is -2.09. The van der Waals surface area contributed by atoms with E-state index in [2.05, 4.69) is 9.98 Å². The smallest absolute Gasteiger partial charge is 0.307 e. The largest absolute Gasteiger partial charge is 0.363 e. The van der Waals surface area contributed by atoms with Crippen molar-refractivity contribution in [3.8, 4) is 17.0 Å². The second kappa shape index (κ2) is 6.51. The van der Waals surface area contributed by atoms with Gasteiger partial charge in [-0.3, -0.25) is 4.99 Å². The molecule has 0 fully saturated rings. The molecule has 3 aromatic rings. The molecule has 138 valence electrons. The minimum absolute atomic E-state index is 0.0982. The normalized spacial score (nSPS) is 13.4. The van der Waals surface area contributed by atoms with E-state index >= 15 is 0 Å². The summed E-state index contributed by atoms with van der Waals surface area (Å²) < 4.78 is 42.8. The lowest BCUT2D eigenvalue weighted by molar-refractivity contribution is 0.485. The van der Waals surface area contributed by atoms with Crippen LogP contribution in [0.1, 0.15) is 16.7 Å². The molecule has 0 spiro atoms. The van der Waals surface area contributed by atoms with Crippen LogP contribution in [0.5, 0.6) is 5.88 Å². The number of nitrogens with one attached hydrogen (secondary N) is 1. The van der Waals surface area contributed by atoms with Gasteiger partial charge in [-0.1, -0.05) is 29.8 Å². The number of nitrogens with zero attached hydrogens (tertiary/aromatic N) is 1. The van der Waals surface area contributed by atoms with E-state index in [0.717, 1.165) is 11.8 Å². The molecule has 5 nitrogen and oxygen atoms in total. The van der Waals surface area contributed by atoms with Gasteiger partial charge in [-0.15, -0.1) is 0 Å². The standard InChI is InChI=1S/C19H14ClFN2O3S/c1-27(24,25)26-19-17-11(10-23-19)9-22-18(14-4-2-3-5-16(14)21)15-8-12(20)6-7-13(15)17/h2-8,10,23H,9H2,1H3. The molecule has 27 heavy (non-hydrogen) atoms. The molecule has 1 aliphatic heterocycles. The molecule has 1 aromatic heterocycles. The first-order chi connectivity index (χ1) is 12.8. The van der Waals surface area contributed by atoms with Crippen LogP contribution in [0.2, 0.25) is 5.02 Å². The van der Waals surface area contributed by atoms with Crippen molar-refractivity contribution in [2.75, 3.05) is 6.26 Å². The summed E-state index contributed by atoms with van der Waals surface area (Å²) in [7, 11) is -3.73. The summed E-state index contributed by atoms with van der Waals surface area (Å²) >= 11 is 6.19. The fraction of sp³-hybridized carbons (Fsp3) is 0.105. The van der Waals surface area contributed by atoms with E-state index in [1.165, 1.54) is 6.07 Å². The fourth-order valence-electron chi connectivity index (χ4n) is 3.14. The number of benzene rings is 2. The van der Waals surface area contributed by atoms with Gasteiger partial charge in [0, 0.05) is 27.9 Å². The van der Waals surface area contributed by atoms with Crippen molar-refractivity contribution >= 4 is 27.4 Å². The predicted molar refractivity (Wildman–Crippen MR) is 102 cm³/mol. The molecule has 0 unspecified atom stereocenters. The highest BCUT2D eigenvalue weighted by Crippen LogP contribution is 2.40. The van der Waals surface area contributed by atoms with E-state index in [4.69, 9.17) is 15.8 Å². The molecule has 0 amide bonds. The van der Waals surface area contributed by atoms with Gasteiger partial charge in [0.25, 0.3) is 0 Å². The number of aromatic amines is 1. The lowest BCUT2D eigenvalue weighted by atomic mass is 9.93. The Balaban J connectivity index is 1.97. The first-order valence-corrected chi connectivity index (χ1v) is 10.2. The van der Waals surface area contributed by atoms with Crippen LogP contribution >= 0.6 is 11.6 Å². The molecular weight excluding hydrogens is 391 g/mol. The molecule has 8 heteroatoms. The van der Waals surface area contributed by atoms with Gasteiger partial charge < -0.3 is 9.17 Å². The molecule has 1 N–H and O–H groups in total. The first kappa shape index (κ1) is 17.8. The predicted octanol–water partition coefficient (Wildman–Crippen LogP) is 4.16. The van der Waals surface area contributed by atoms with E-state index in [-0.39, 0.29) is 12.4 Å². The van der Waals surface area contributed by atoms with E-state index < -0.39 is 15.9 Å². The maximum absolute atomic E-state index is 14.4. The highest BCUT2D eigenvalue weighted by atomic mass is 35.5. The minimum atomic E-state index is -3.73. The SMILES string of the molecule is CS(=O)(=O)Oc1[nH]cc2c1-c1ccc(Cl)cc1C(c1ccccc1F)=NC2. The Morgan fingerprint density at radius 1 is 1.15 bits per heavy atom. The van der Waals surface area contributed by atoms with Gasteiger partial charge in [0.15, 0.2) is 0 Å². The number of aromatic nitrogens is 1. The highest BCUT2D eigenvalue weighted by Gasteiger charge is 2.26. The summed E-state index contributed by atoms with van der Waals surface area (Å²) in [6.45, 7) is 0.231. The molecule has 4 rings (SSSR count). The second-order valence-electron chi connectivity index (χ2n) is 6.14. The van der Waals surface area contributed by atoms with E-state index in [1.807, 2.05) is 0 Å². The lowest BCUT2D eigenvalue weighted by Gasteiger charge is -2.13. The molecular formula is C19H14ClFN2O3S. The number of fused-ring (bicyclic) bond motifs is 3. The van der Waals surface area contributed by atoms with Crippen molar-refractivity contribution in [3.63, 3.8) is 0 Å². The second-order valence-corrected chi connectivity index (χ2v) is 8.15. The monoisotopic (exact) mass is 404 g/mol. The van der Waals surface area contributed by atoms with Crippen LogP contribution in [-0.2, 0) is 16.7 Å². The Bertz CT molecular complexity index is 1190. The molecule has 0 aliphatic carbocycles. The zero-order valence-electron chi connectivity index (χ0n) is 14.2. The molecule has 0 saturated heterocycles. The van der Waals surface area contributed by atoms with Crippen LogP contribution in [0.25, 0.3) is 11.1 Å². The van der Waals surface area contributed by atoms with Crippen LogP contribution < -0.4 is 4.18 Å². The van der Waals surface area contributed by atoms with Crippen molar-refractivity contribution in [2.24, 2.45) is 4.99 Å². The van der Waals surface area contributed by atoms with Crippen LogP contribution in [0.3, 0.4) is 0 Å². The Morgan fingerprint density at radius 3 is 2.67 bits per heavy atom. The summed E-state index contributed by atoms with van der Waals surface area (Å²) in [5.41, 5.74) is 3.37. The van der Waals surface area contributed by atoms with Crippen molar-refractivity contribution in [1.29, 1.82) is 0 Å². The number of hydrogen-bond acceptors (Lipinski definition) is 4. The molecule has 0 saturated carbocycles. The van der Waals surface area contributed by atoms with Crippen LogP contribution in [0, 0.1) is 5.82 Å². The van der Waals surface area contributed by atoms with Gasteiger partial charge in [-0.05, 0) is 29.8 Å². The third-order valence-corrected chi connectivity index (χ3v) is 4.91. The third-order valence-electron chi connectivity index (χ3n) is 4.20. The van der Waals surface area contributed by atoms with Crippen molar-refractivity contribution in [2.45, 2.75) is 6.54 Å². The zero-order valence-corrected chi connectivity index (χ0v) is 15.7. The average molecular weight is 405 g/mol. The van der Waals surface area contributed by atoms with E-state index in [0.29, 0.717) is 33.0 Å². The van der Waals surface area contributed by atoms with Gasteiger partial charge in [0.05, 0.1) is 24.1 Å². The first-order valence-electron chi connectivity index (χ1n) is 8.03. The number of halogens is 2. The van der Waals surface area contributed by atoms with Crippen LogP contribution in [-0.4, -0.2) is 25.4 Å². The summed E-state index contributed by atoms with van der Waals surface area (Å²) in [6, 6.07) is 11.5. The quantitative estimate of drug-likeness (QED) is 0.666. The average Bonchev–Trinajstić information content (AvgIpc) is 2.89. The van der Waals surface area contributed by atoms with Gasteiger partial charge in [-0.25, -0.2) is 4.39 Å². The maximum Gasteiger partial charge on any atom is 0.307 e. The zero-order chi connectivity index (χ0) is 19.2. The topological polar surface area (TPSA) is 71.5 Å². The maximum atomic E-state index is 14.4. The van der Waals surface area contributed by atoms with Crippen molar-refractivity contribution < 1.29 is 17.0 Å². The highest BCUT2D eigenvalue weighted by molar-refractivity contribution is 7.86. The number of H-pyrrole nitrogens is 1. The molecule has 2 aromatic carbocycles. The minimum Gasteiger partial charge on any atom is -0.363 e. The molecule has 0 bridgehead atoms. The van der Waals surface area contributed by atoms with Crippen molar-refractivity contribution in [1.82, 2.24) is 4.98 Å². The fourth-order valence-corrected chi connectivity index (χ4v) is 3.75.